The fourth-order valence-corrected chi connectivity index (χ4v) is 5.17. The van der Waals surface area contributed by atoms with Crippen molar-refractivity contribution in [2.24, 2.45) is 0 Å². The average Bonchev–Trinajstić information content (AvgIpc) is 2.95. The summed E-state index contributed by atoms with van der Waals surface area (Å²) in [5.41, 5.74) is 6.72. The number of alkyl halides is 2. The minimum absolute atomic E-state index is 0.00438. The highest BCUT2D eigenvalue weighted by molar-refractivity contribution is 7.92. The molecule has 0 aliphatic heterocycles. The normalized spacial score (nSPS) is 18.0. The lowest BCUT2D eigenvalue weighted by Crippen LogP contribution is -2.27. The molecule has 27 heavy (non-hydrogen) atoms. The zero-order valence-electron chi connectivity index (χ0n) is 14.3. The van der Waals surface area contributed by atoms with E-state index in [1.54, 1.807) is 22.8 Å². The van der Waals surface area contributed by atoms with Gasteiger partial charge in [0.15, 0.2) is 5.65 Å². The zero-order chi connectivity index (χ0) is 19.2. The van der Waals surface area contributed by atoms with Gasteiger partial charge in [-0.25, -0.2) is 27.2 Å². The first-order valence-electron chi connectivity index (χ1n) is 8.59. The summed E-state index contributed by atoms with van der Waals surface area (Å²) < 4.78 is 55.1. The molecular formula is C18H18F2N4O2S. The van der Waals surface area contributed by atoms with E-state index < -0.39 is 15.8 Å². The second-order valence-corrected chi connectivity index (χ2v) is 8.60. The van der Waals surface area contributed by atoms with Crippen molar-refractivity contribution in [3.63, 3.8) is 0 Å². The van der Waals surface area contributed by atoms with Gasteiger partial charge in [-0.1, -0.05) is 18.2 Å². The molecule has 0 spiro atoms. The second kappa shape index (κ2) is 6.26. The van der Waals surface area contributed by atoms with E-state index in [1.165, 1.54) is 24.5 Å². The Morgan fingerprint density at radius 3 is 2.37 bits per heavy atom. The maximum absolute atomic E-state index is 13.6. The van der Waals surface area contributed by atoms with E-state index in [0.717, 1.165) is 0 Å². The third-order valence-electron chi connectivity index (χ3n) is 4.99. The van der Waals surface area contributed by atoms with Crippen LogP contribution in [0.25, 0.3) is 11.2 Å². The van der Waals surface area contributed by atoms with Crippen molar-refractivity contribution in [2.45, 2.75) is 47.4 Å². The van der Waals surface area contributed by atoms with Gasteiger partial charge in [-0.2, -0.15) is 0 Å². The van der Waals surface area contributed by atoms with Crippen LogP contribution >= 0.6 is 0 Å². The predicted octanol–water partition coefficient (Wildman–Crippen LogP) is 3.60. The molecule has 0 saturated heterocycles. The lowest BCUT2D eigenvalue weighted by Gasteiger charge is -2.30. The van der Waals surface area contributed by atoms with E-state index >= 15 is 0 Å². The number of hydrogen-bond acceptors (Lipinski definition) is 5. The van der Waals surface area contributed by atoms with Crippen LogP contribution in [0, 0.1) is 0 Å². The van der Waals surface area contributed by atoms with Crippen molar-refractivity contribution in [3.05, 3.63) is 42.7 Å². The lowest BCUT2D eigenvalue weighted by atomic mass is 9.92. The number of nitrogens with zero attached hydrogens (tertiary/aromatic N) is 3. The van der Waals surface area contributed by atoms with E-state index in [9.17, 15) is 17.2 Å². The molecule has 1 saturated carbocycles. The SMILES string of the molecule is Nc1c(S(=O)(=O)c2ccccc2)c2nccnc2n1C1CCC(F)(F)CC1. The molecule has 4 rings (SSSR count). The highest BCUT2D eigenvalue weighted by atomic mass is 32.2. The Kier molecular flexibility index (Phi) is 4.14. The van der Waals surface area contributed by atoms with Crippen molar-refractivity contribution >= 4 is 26.8 Å². The van der Waals surface area contributed by atoms with Gasteiger partial charge >= 0.3 is 0 Å². The summed E-state index contributed by atoms with van der Waals surface area (Å²) in [5.74, 6) is -2.70. The summed E-state index contributed by atoms with van der Waals surface area (Å²) in [6.07, 6.45) is 2.69. The van der Waals surface area contributed by atoms with E-state index in [4.69, 9.17) is 5.73 Å². The molecule has 9 heteroatoms. The number of rotatable bonds is 3. The van der Waals surface area contributed by atoms with E-state index in [2.05, 4.69) is 9.97 Å². The van der Waals surface area contributed by atoms with E-state index in [0.29, 0.717) is 5.65 Å². The highest BCUT2D eigenvalue weighted by Crippen LogP contribution is 2.43. The maximum atomic E-state index is 13.6. The van der Waals surface area contributed by atoms with Gasteiger partial charge < -0.3 is 10.3 Å². The van der Waals surface area contributed by atoms with Crippen LogP contribution < -0.4 is 5.73 Å². The van der Waals surface area contributed by atoms with Gasteiger partial charge in [0.2, 0.25) is 15.8 Å². The summed E-state index contributed by atoms with van der Waals surface area (Å²) in [5, 5.41) is 0. The number of hydrogen-bond donors (Lipinski definition) is 1. The molecule has 3 aromatic rings. The molecule has 1 fully saturated rings. The Balaban J connectivity index is 1.90. The van der Waals surface area contributed by atoms with Crippen LogP contribution in [0.1, 0.15) is 31.7 Å². The number of fused-ring (bicyclic) bond motifs is 1. The van der Waals surface area contributed by atoms with Gasteiger partial charge in [0.05, 0.1) is 4.90 Å². The summed E-state index contributed by atoms with van der Waals surface area (Å²) in [4.78, 5) is 8.41. The summed E-state index contributed by atoms with van der Waals surface area (Å²) >= 11 is 0. The van der Waals surface area contributed by atoms with Crippen LogP contribution in [0.4, 0.5) is 14.6 Å². The Bertz CT molecular complexity index is 1090. The molecule has 0 unspecified atom stereocenters. The Hall–Kier alpha value is -2.55. The minimum Gasteiger partial charge on any atom is -0.384 e. The summed E-state index contributed by atoms with van der Waals surface area (Å²) in [6, 6.07) is 7.58. The number of anilines is 1. The van der Waals surface area contributed by atoms with E-state index in [-0.39, 0.29) is 52.9 Å². The van der Waals surface area contributed by atoms with Crippen LogP contribution in [0.15, 0.2) is 52.5 Å². The first-order chi connectivity index (χ1) is 12.8. The van der Waals surface area contributed by atoms with Gasteiger partial charge in [-0.15, -0.1) is 0 Å². The number of halogens is 2. The molecule has 1 aliphatic rings. The molecule has 1 aliphatic carbocycles. The monoisotopic (exact) mass is 392 g/mol. The molecule has 1 aromatic carbocycles. The molecule has 2 N–H and O–H groups in total. The van der Waals surface area contributed by atoms with Gasteiger partial charge in [-0.05, 0) is 25.0 Å². The molecule has 2 aromatic heterocycles. The Morgan fingerprint density at radius 1 is 1.07 bits per heavy atom. The van der Waals surface area contributed by atoms with Crippen LogP contribution in [0.5, 0.6) is 0 Å². The van der Waals surface area contributed by atoms with Gasteiger partial charge in [0.25, 0.3) is 0 Å². The van der Waals surface area contributed by atoms with Crippen LogP contribution in [-0.2, 0) is 9.84 Å². The molecule has 6 nitrogen and oxygen atoms in total. The molecule has 0 radical (unpaired) electrons. The number of nitrogen functional groups attached to an aromatic ring is 1. The third kappa shape index (κ3) is 2.95. The number of benzene rings is 1. The van der Waals surface area contributed by atoms with E-state index in [1.807, 2.05) is 0 Å². The number of nitrogens with two attached hydrogens (primary N) is 1. The van der Waals surface area contributed by atoms with Crippen molar-refractivity contribution in [2.75, 3.05) is 5.73 Å². The first-order valence-corrected chi connectivity index (χ1v) is 10.1. The topological polar surface area (TPSA) is 90.9 Å². The van der Waals surface area contributed by atoms with Crippen molar-refractivity contribution in [3.8, 4) is 0 Å². The molecule has 142 valence electrons. The van der Waals surface area contributed by atoms with Crippen molar-refractivity contribution < 1.29 is 17.2 Å². The van der Waals surface area contributed by atoms with Crippen LogP contribution in [0.3, 0.4) is 0 Å². The van der Waals surface area contributed by atoms with Crippen LogP contribution in [0.2, 0.25) is 0 Å². The molecule has 0 atom stereocenters. The standard InChI is InChI=1S/C18H18F2N4O2S/c19-18(20)8-6-12(7-9-18)24-16(21)15(14-17(24)23-11-10-22-14)27(25,26)13-4-2-1-3-5-13/h1-5,10-12H,6-9,21H2. The lowest BCUT2D eigenvalue weighted by molar-refractivity contribution is -0.0434. The van der Waals surface area contributed by atoms with Gasteiger partial charge in [0, 0.05) is 31.3 Å². The van der Waals surface area contributed by atoms with Gasteiger partial charge in [0.1, 0.15) is 16.2 Å². The number of aromatic nitrogens is 3. The maximum Gasteiger partial charge on any atom is 0.248 e. The molecule has 0 amide bonds. The van der Waals surface area contributed by atoms with Crippen molar-refractivity contribution in [1.29, 1.82) is 0 Å². The van der Waals surface area contributed by atoms with Gasteiger partial charge in [-0.3, -0.25) is 0 Å². The Morgan fingerprint density at radius 2 is 1.70 bits per heavy atom. The first kappa shape index (κ1) is 17.8. The molecular weight excluding hydrogens is 374 g/mol. The van der Waals surface area contributed by atoms with Crippen LogP contribution in [-0.4, -0.2) is 28.9 Å². The van der Waals surface area contributed by atoms with Crippen molar-refractivity contribution in [1.82, 2.24) is 14.5 Å². The zero-order valence-corrected chi connectivity index (χ0v) is 15.2. The third-order valence-corrected chi connectivity index (χ3v) is 6.82. The molecule has 0 bridgehead atoms. The largest absolute Gasteiger partial charge is 0.384 e. The fraction of sp³-hybridized carbons (Fsp3) is 0.333. The quantitative estimate of drug-likeness (QED) is 0.735. The summed E-state index contributed by atoms with van der Waals surface area (Å²) in [6.45, 7) is 0. The fourth-order valence-electron chi connectivity index (χ4n) is 3.65. The number of sulfone groups is 1. The average molecular weight is 392 g/mol. The second-order valence-electron chi connectivity index (χ2n) is 6.72. The predicted molar refractivity (Wildman–Crippen MR) is 96.3 cm³/mol. The minimum atomic E-state index is -3.93. The highest BCUT2D eigenvalue weighted by Gasteiger charge is 2.38. The smallest absolute Gasteiger partial charge is 0.248 e. The summed E-state index contributed by atoms with van der Waals surface area (Å²) in [7, 11) is -3.93. The Labute approximate surface area is 155 Å². The molecule has 2 heterocycles.